The maximum atomic E-state index is 5.42. The van der Waals surface area contributed by atoms with Gasteiger partial charge in [-0.2, -0.15) is 0 Å². The van der Waals surface area contributed by atoms with Gasteiger partial charge in [0.25, 0.3) is 0 Å². The zero-order valence-corrected chi connectivity index (χ0v) is 15.9. The average Bonchev–Trinajstić information content (AvgIpc) is 3.14. The Balaban J connectivity index is 1.94. The Morgan fingerprint density at radius 3 is 2.72 bits per heavy atom. The molecule has 5 heteroatoms. The number of nitrogens with zero attached hydrogens (tertiary/aromatic N) is 1. The molecule has 1 aromatic carbocycles. The number of nitrogens with one attached hydrogen (secondary N) is 2. The first-order chi connectivity index (χ1) is 12.2. The van der Waals surface area contributed by atoms with Crippen LogP contribution in [-0.4, -0.2) is 46.4 Å². The van der Waals surface area contributed by atoms with Crippen molar-refractivity contribution in [2.45, 2.75) is 44.4 Å². The van der Waals surface area contributed by atoms with Gasteiger partial charge in [-0.05, 0) is 43.9 Å². The van der Waals surface area contributed by atoms with Gasteiger partial charge < -0.3 is 20.1 Å². The maximum Gasteiger partial charge on any atom is 0.191 e. The van der Waals surface area contributed by atoms with E-state index in [0.29, 0.717) is 0 Å². The van der Waals surface area contributed by atoms with Crippen LogP contribution in [0.5, 0.6) is 5.75 Å². The molecule has 0 heterocycles. The van der Waals surface area contributed by atoms with Crippen molar-refractivity contribution in [1.82, 2.24) is 10.6 Å². The molecule has 1 aromatic rings. The molecule has 1 fully saturated rings. The SMILES string of the molecule is CCOCCCNC(=NC)NCC1(c2cccc(OC)c2)CCCC1. The van der Waals surface area contributed by atoms with E-state index in [1.165, 1.54) is 31.2 Å². The van der Waals surface area contributed by atoms with Crippen molar-refractivity contribution < 1.29 is 9.47 Å². The Hall–Kier alpha value is -1.75. The van der Waals surface area contributed by atoms with Crippen LogP contribution in [0.1, 0.15) is 44.6 Å². The minimum Gasteiger partial charge on any atom is -0.497 e. The molecule has 25 heavy (non-hydrogen) atoms. The van der Waals surface area contributed by atoms with Crippen LogP contribution in [-0.2, 0) is 10.2 Å². The molecule has 0 amide bonds. The Morgan fingerprint density at radius 2 is 2.04 bits per heavy atom. The third-order valence-electron chi connectivity index (χ3n) is 5.02. The number of benzene rings is 1. The van der Waals surface area contributed by atoms with Gasteiger partial charge in [-0.3, -0.25) is 4.99 Å². The summed E-state index contributed by atoms with van der Waals surface area (Å²) in [5, 5.41) is 6.91. The summed E-state index contributed by atoms with van der Waals surface area (Å²) in [5.41, 5.74) is 1.53. The van der Waals surface area contributed by atoms with Crippen LogP contribution in [0.2, 0.25) is 0 Å². The van der Waals surface area contributed by atoms with E-state index in [9.17, 15) is 0 Å². The van der Waals surface area contributed by atoms with Crippen molar-refractivity contribution in [3.63, 3.8) is 0 Å². The molecule has 0 spiro atoms. The van der Waals surface area contributed by atoms with Gasteiger partial charge in [-0.25, -0.2) is 0 Å². The quantitative estimate of drug-likeness (QED) is 0.409. The molecule has 0 unspecified atom stereocenters. The lowest BCUT2D eigenvalue weighted by atomic mass is 9.78. The van der Waals surface area contributed by atoms with Crippen LogP contribution < -0.4 is 15.4 Å². The first kappa shape index (κ1) is 19.6. The van der Waals surface area contributed by atoms with E-state index in [-0.39, 0.29) is 5.41 Å². The van der Waals surface area contributed by atoms with Gasteiger partial charge >= 0.3 is 0 Å². The number of ether oxygens (including phenoxy) is 2. The number of aliphatic imine (C=N–C) groups is 1. The van der Waals surface area contributed by atoms with E-state index < -0.39 is 0 Å². The molecule has 0 saturated heterocycles. The highest BCUT2D eigenvalue weighted by Gasteiger charge is 2.35. The summed E-state index contributed by atoms with van der Waals surface area (Å²) in [6, 6.07) is 8.52. The Kier molecular flexibility index (Phi) is 8.06. The van der Waals surface area contributed by atoms with Crippen LogP contribution in [0, 0.1) is 0 Å². The molecule has 140 valence electrons. The summed E-state index contributed by atoms with van der Waals surface area (Å²) in [6.07, 6.45) is 5.94. The maximum absolute atomic E-state index is 5.42. The lowest BCUT2D eigenvalue weighted by molar-refractivity contribution is 0.145. The molecule has 0 bridgehead atoms. The van der Waals surface area contributed by atoms with E-state index in [2.05, 4.69) is 33.8 Å². The second-order valence-corrected chi connectivity index (χ2v) is 6.62. The van der Waals surface area contributed by atoms with Gasteiger partial charge in [-0.1, -0.05) is 25.0 Å². The average molecular weight is 348 g/mol. The number of rotatable bonds is 9. The largest absolute Gasteiger partial charge is 0.497 e. The van der Waals surface area contributed by atoms with Crippen LogP contribution >= 0.6 is 0 Å². The summed E-state index contributed by atoms with van der Waals surface area (Å²) >= 11 is 0. The van der Waals surface area contributed by atoms with E-state index in [0.717, 1.165) is 44.4 Å². The zero-order valence-electron chi connectivity index (χ0n) is 15.9. The highest BCUT2D eigenvalue weighted by Crippen LogP contribution is 2.41. The van der Waals surface area contributed by atoms with Crippen molar-refractivity contribution in [3.8, 4) is 5.75 Å². The third-order valence-corrected chi connectivity index (χ3v) is 5.02. The molecule has 0 atom stereocenters. The Morgan fingerprint density at radius 1 is 1.24 bits per heavy atom. The molecular weight excluding hydrogens is 314 g/mol. The predicted molar refractivity (Wildman–Crippen MR) is 104 cm³/mol. The fraction of sp³-hybridized carbons (Fsp3) is 0.650. The zero-order chi connectivity index (χ0) is 18.0. The Bertz CT molecular complexity index is 539. The molecule has 0 aliphatic heterocycles. The lowest BCUT2D eigenvalue weighted by Crippen LogP contribution is -2.45. The minimum atomic E-state index is 0.164. The fourth-order valence-corrected chi connectivity index (χ4v) is 3.57. The second-order valence-electron chi connectivity index (χ2n) is 6.62. The fourth-order valence-electron chi connectivity index (χ4n) is 3.57. The molecule has 1 saturated carbocycles. The van der Waals surface area contributed by atoms with Gasteiger partial charge in [0, 0.05) is 38.8 Å². The van der Waals surface area contributed by atoms with Crippen LogP contribution in [0.3, 0.4) is 0 Å². The Labute approximate surface area is 152 Å². The van der Waals surface area contributed by atoms with Gasteiger partial charge in [0.05, 0.1) is 7.11 Å². The molecular formula is C20H33N3O2. The number of hydrogen-bond donors (Lipinski definition) is 2. The summed E-state index contributed by atoms with van der Waals surface area (Å²) in [5.74, 6) is 1.80. The number of methoxy groups -OCH3 is 1. The van der Waals surface area contributed by atoms with Crippen molar-refractivity contribution >= 4 is 5.96 Å². The van der Waals surface area contributed by atoms with E-state index >= 15 is 0 Å². The van der Waals surface area contributed by atoms with Crippen molar-refractivity contribution in [2.75, 3.05) is 40.5 Å². The lowest BCUT2D eigenvalue weighted by Gasteiger charge is -2.31. The summed E-state index contributed by atoms with van der Waals surface area (Å²) in [7, 11) is 3.55. The van der Waals surface area contributed by atoms with Gasteiger partial charge in [0.1, 0.15) is 5.75 Å². The molecule has 5 nitrogen and oxygen atoms in total. The first-order valence-corrected chi connectivity index (χ1v) is 9.41. The van der Waals surface area contributed by atoms with Gasteiger partial charge in [-0.15, -0.1) is 0 Å². The van der Waals surface area contributed by atoms with Crippen LogP contribution in [0.25, 0.3) is 0 Å². The molecule has 1 aliphatic carbocycles. The summed E-state index contributed by atoms with van der Waals surface area (Å²) in [4.78, 5) is 4.35. The van der Waals surface area contributed by atoms with Crippen LogP contribution in [0.15, 0.2) is 29.3 Å². The summed E-state index contributed by atoms with van der Waals surface area (Å²) in [6.45, 7) is 5.34. The first-order valence-electron chi connectivity index (χ1n) is 9.41. The van der Waals surface area contributed by atoms with E-state index in [1.54, 1.807) is 7.11 Å². The van der Waals surface area contributed by atoms with E-state index in [1.807, 2.05) is 20.0 Å². The smallest absolute Gasteiger partial charge is 0.191 e. The predicted octanol–water partition coefficient (Wildman–Crippen LogP) is 3.10. The van der Waals surface area contributed by atoms with Crippen molar-refractivity contribution in [2.24, 2.45) is 4.99 Å². The van der Waals surface area contributed by atoms with Gasteiger partial charge in [0.2, 0.25) is 0 Å². The number of guanidine groups is 1. The molecule has 0 aromatic heterocycles. The topological polar surface area (TPSA) is 54.9 Å². The van der Waals surface area contributed by atoms with Crippen molar-refractivity contribution in [1.29, 1.82) is 0 Å². The monoisotopic (exact) mass is 347 g/mol. The molecule has 2 rings (SSSR count). The highest BCUT2D eigenvalue weighted by molar-refractivity contribution is 5.79. The number of hydrogen-bond acceptors (Lipinski definition) is 3. The van der Waals surface area contributed by atoms with Crippen molar-refractivity contribution in [3.05, 3.63) is 29.8 Å². The molecule has 1 aliphatic rings. The normalized spacial score (nSPS) is 16.7. The minimum absolute atomic E-state index is 0.164. The standard InChI is InChI=1S/C20H33N3O2/c1-4-25-14-8-13-22-19(21-2)23-16-20(11-5-6-12-20)17-9-7-10-18(15-17)24-3/h7,9-10,15H,4-6,8,11-14,16H2,1-3H3,(H2,21,22,23). The molecule has 0 radical (unpaired) electrons. The third kappa shape index (κ3) is 5.63. The van der Waals surface area contributed by atoms with Gasteiger partial charge in [0.15, 0.2) is 5.96 Å². The molecule has 2 N–H and O–H groups in total. The highest BCUT2D eigenvalue weighted by atomic mass is 16.5. The van der Waals surface area contributed by atoms with Crippen LogP contribution in [0.4, 0.5) is 0 Å². The summed E-state index contributed by atoms with van der Waals surface area (Å²) < 4.78 is 10.8. The van der Waals surface area contributed by atoms with E-state index in [4.69, 9.17) is 9.47 Å². The second kappa shape index (κ2) is 10.3.